The van der Waals surface area contributed by atoms with E-state index < -0.39 is 0 Å². The fourth-order valence-corrected chi connectivity index (χ4v) is 5.30. The van der Waals surface area contributed by atoms with Gasteiger partial charge in [-0.15, -0.1) is 0 Å². The van der Waals surface area contributed by atoms with Crippen LogP contribution in [-0.2, 0) is 11.2 Å². The van der Waals surface area contributed by atoms with Gasteiger partial charge < -0.3 is 19.4 Å². The molecule has 0 bridgehead atoms. The van der Waals surface area contributed by atoms with Crippen molar-refractivity contribution in [1.29, 1.82) is 0 Å². The van der Waals surface area contributed by atoms with Gasteiger partial charge in [-0.2, -0.15) is 0 Å². The van der Waals surface area contributed by atoms with E-state index in [-0.39, 0.29) is 24.8 Å². The van der Waals surface area contributed by atoms with Crippen LogP contribution in [0.5, 0.6) is 11.5 Å². The van der Waals surface area contributed by atoms with Crippen molar-refractivity contribution in [1.82, 2.24) is 14.8 Å². The van der Waals surface area contributed by atoms with E-state index in [2.05, 4.69) is 22.0 Å². The molecule has 29 heavy (non-hydrogen) atoms. The summed E-state index contributed by atoms with van der Waals surface area (Å²) in [5.41, 5.74) is 4.39. The quantitative estimate of drug-likeness (QED) is 0.663. The third kappa shape index (κ3) is 2.22. The topological polar surface area (TPSA) is 57.8 Å². The van der Waals surface area contributed by atoms with Gasteiger partial charge in [-0.25, -0.2) is 0 Å². The number of H-pyrrole nitrogens is 1. The third-order valence-corrected chi connectivity index (χ3v) is 6.59. The highest BCUT2D eigenvalue weighted by atomic mass is 32.1. The summed E-state index contributed by atoms with van der Waals surface area (Å²) < 4.78 is 11.1. The van der Waals surface area contributed by atoms with E-state index in [1.807, 2.05) is 37.3 Å². The Kier molecular flexibility index (Phi) is 3.47. The molecule has 1 unspecified atom stereocenters. The maximum absolute atomic E-state index is 13.2. The summed E-state index contributed by atoms with van der Waals surface area (Å²) >= 11 is 5.76. The second-order valence-electron chi connectivity index (χ2n) is 7.57. The Bertz CT molecular complexity index is 1190. The number of nitrogens with one attached hydrogen (secondary N) is 1. The van der Waals surface area contributed by atoms with Crippen molar-refractivity contribution in [2.45, 2.75) is 25.4 Å². The van der Waals surface area contributed by atoms with E-state index in [4.69, 9.17) is 21.7 Å². The number of likely N-dealkylation sites (N-methyl/N-ethyl adjacent to an activating group) is 1. The lowest BCUT2D eigenvalue weighted by atomic mass is 9.89. The van der Waals surface area contributed by atoms with Crippen LogP contribution in [0.25, 0.3) is 10.9 Å². The summed E-state index contributed by atoms with van der Waals surface area (Å²) in [4.78, 5) is 20.6. The Hall–Kier alpha value is -3.06. The maximum Gasteiger partial charge on any atom is 0.251 e. The standard InChI is InChI=1S/C22H19N3O3S/c1-2-24-21(26)16-10-14-13-5-3-4-6-15(13)23-19(14)20(25(16)22(24)29)12-7-8-17-18(9-12)28-11-27-17/h3-9,16,20,23H,2,10-11H2,1H3/t16-,20?/m0/s1. The largest absolute Gasteiger partial charge is 0.454 e. The van der Waals surface area contributed by atoms with Gasteiger partial charge in [0.25, 0.3) is 5.91 Å². The second kappa shape index (κ2) is 5.97. The molecule has 1 amide bonds. The van der Waals surface area contributed by atoms with E-state index in [1.54, 1.807) is 4.90 Å². The fourth-order valence-electron chi connectivity index (χ4n) is 4.85. The molecular formula is C22H19N3O3S. The van der Waals surface area contributed by atoms with E-state index in [9.17, 15) is 4.79 Å². The minimum absolute atomic E-state index is 0.0826. The molecule has 1 N–H and O–H groups in total. The first-order valence-corrected chi connectivity index (χ1v) is 10.2. The summed E-state index contributed by atoms with van der Waals surface area (Å²) in [5.74, 6) is 1.55. The SMILES string of the molecule is CCN1C(=O)[C@@H]2Cc3c([nH]c4ccccc34)C(c3ccc4c(c3)OCO4)N2C1=S. The first-order valence-electron chi connectivity index (χ1n) is 9.80. The monoisotopic (exact) mass is 405 g/mol. The van der Waals surface area contributed by atoms with Crippen LogP contribution in [0.4, 0.5) is 0 Å². The number of benzene rings is 2. The molecule has 3 aliphatic heterocycles. The molecule has 2 aromatic carbocycles. The van der Waals surface area contributed by atoms with Crippen LogP contribution in [0.15, 0.2) is 42.5 Å². The highest BCUT2D eigenvalue weighted by Gasteiger charge is 2.50. The van der Waals surface area contributed by atoms with Crippen LogP contribution in [0, 0.1) is 0 Å². The van der Waals surface area contributed by atoms with Crippen molar-refractivity contribution < 1.29 is 14.3 Å². The van der Waals surface area contributed by atoms with E-state index in [0.717, 1.165) is 28.3 Å². The van der Waals surface area contributed by atoms with Gasteiger partial charge in [-0.1, -0.05) is 24.3 Å². The van der Waals surface area contributed by atoms with E-state index in [0.29, 0.717) is 18.1 Å². The fraction of sp³-hybridized carbons (Fsp3) is 0.273. The van der Waals surface area contributed by atoms with Gasteiger partial charge in [0.1, 0.15) is 6.04 Å². The van der Waals surface area contributed by atoms with Gasteiger partial charge in [0.2, 0.25) is 6.79 Å². The zero-order valence-electron chi connectivity index (χ0n) is 15.8. The summed E-state index contributed by atoms with van der Waals surface area (Å²) in [6, 6.07) is 13.8. The van der Waals surface area contributed by atoms with Crippen LogP contribution in [0.1, 0.15) is 29.8 Å². The molecule has 0 aliphatic carbocycles. The maximum atomic E-state index is 13.2. The zero-order chi connectivity index (χ0) is 19.7. The normalized spacial score (nSPS) is 22.4. The Morgan fingerprint density at radius 3 is 2.86 bits per heavy atom. The van der Waals surface area contributed by atoms with Crippen molar-refractivity contribution in [3.63, 3.8) is 0 Å². The molecule has 6 rings (SSSR count). The average molecular weight is 405 g/mol. The second-order valence-corrected chi connectivity index (χ2v) is 7.94. The molecule has 1 aromatic heterocycles. The number of aromatic nitrogens is 1. The summed E-state index contributed by atoms with van der Waals surface area (Å²) in [6.45, 7) is 2.77. The number of amides is 1. The van der Waals surface area contributed by atoms with Gasteiger partial charge in [-0.3, -0.25) is 9.69 Å². The first kappa shape index (κ1) is 16.9. The molecule has 0 saturated carbocycles. The van der Waals surface area contributed by atoms with Crippen LogP contribution < -0.4 is 9.47 Å². The van der Waals surface area contributed by atoms with E-state index >= 15 is 0 Å². The minimum atomic E-state index is -0.287. The highest BCUT2D eigenvalue weighted by molar-refractivity contribution is 7.80. The number of hydrogen-bond donors (Lipinski definition) is 1. The van der Waals surface area contributed by atoms with Crippen molar-refractivity contribution in [2.75, 3.05) is 13.3 Å². The molecule has 3 aliphatic rings. The third-order valence-electron chi connectivity index (χ3n) is 6.16. The number of rotatable bonds is 2. The highest BCUT2D eigenvalue weighted by Crippen LogP contribution is 2.46. The van der Waals surface area contributed by atoms with Crippen molar-refractivity contribution in [2.24, 2.45) is 0 Å². The number of carbonyl (C=O) groups excluding carboxylic acids is 1. The van der Waals surface area contributed by atoms with E-state index in [1.165, 1.54) is 10.9 Å². The molecule has 4 heterocycles. The molecule has 0 radical (unpaired) electrons. The van der Waals surface area contributed by atoms with Crippen LogP contribution in [0.3, 0.4) is 0 Å². The van der Waals surface area contributed by atoms with Crippen molar-refractivity contribution in [3.8, 4) is 11.5 Å². The minimum Gasteiger partial charge on any atom is -0.454 e. The predicted octanol–water partition coefficient (Wildman–Crippen LogP) is 3.36. The number of aromatic amines is 1. The van der Waals surface area contributed by atoms with Crippen LogP contribution >= 0.6 is 12.2 Å². The van der Waals surface area contributed by atoms with Gasteiger partial charge in [0.05, 0.1) is 6.04 Å². The van der Waals surface area contributed by atoms with Crippen molar-refractivity contribution in [3.05, 3.63) is 59.3 Å². The lowest BCUT2D eigenvalue weighted by molar-refractivity contribution is -0.128. The van der Waals surface area contributed by atoms with Crippen LogP contribution in [-0.4, -0.2) is 45.2 Å². The molecular weight excluding hydrogens is 386 g/mol. The Morgan fingerprint density at radius 1 is 1.17 bits per heavy atom. The molecule has 1 fully saturated rings. The number of para-hydroxylation sites is 1. The molecule has 146 valence electrons. The number of carbonyl (C=O) groups is 1. The predicted molar refractivity (Wildman–Crippen MR) is 112 cm³/mol. The number of nitrogens with zero attached hydrogens (tertiary/aromatic N) is 2. The lowest BCUT2D eigenvalue weighted by Gasteiger charge is -2.37. The lowest BCUT2D eigenvalue weighted by Crippen LogP contribution is -2.44. The molecule has 7 heteroatoms. The van der Waals surface area contributed by atoms with Gasteiger partial charge in [0, 0.05) is 29.6 Å². The smallest absolute Gasteiger partial charge is 0.251 e. The van der Waals surface area contributed by atoms with Gasteiger partial charge in [-0.05, 0) is 48.5 Å². The number of fused-ring (bicyclic) bond motifs is 5. The Morgan fingerprint density at radius 2 is 2.00 bits per heavy atom. The number of thiocarbonyl (C=S) groups is 1. The number of ether oxygens (including phenoxy) is 2. The van der Waals surface area contributed by atoms with Crippen LogP contribution in [0.2, 0.25) is 0 Å². The molecule has 3 aromatic rings. The van der Waals surface area contributed by atoms with Gasteiger partial charge in [0.15, 0.2) is 16.6 Å². The molecule has 6 nitrogen and oxygen atoms in total. The first-order chi connectivity index (χ1) is 14.2. The zero-order valence-corrected chi connectivity index (χ0v) is 16.7. The summed E-state index contributed by atoms with van der Waals surface area (Å²) in [6.07, 6.45) is 0.649. The molecule has 1 saturated heterocycles. The summed E-state index contributed by atoms with van der Waals surface area (Å²) in [7, 11) is 0. The molecule has 0 spiro atoms. The van der Waals surface area contributed by atoms with Gasteiger partial charge >= 0.3 is 0 Å². The summed E-state index contributed by atoms with van der Waals surface area (Å²) in [5, 5.41) is 1.76. The Balaban J connectivity index is 1.59. The number of hydrogen-bond acceptors (Lipinski definition) is 4. The average Bonchev–Trinajstić information content (AvgIpc) is 3.41. The molecule has 2 atom stereocenters. The van der Waals surface area contributed by atoms with Crippen molar-refractivity contribution >= 4 is 34.1 Å². The Labute approximate surface area is 173 Å².